The molecule has 2 rings (SSSR count). The average molecular weight is 239 g/mol. The highest BCUT2D eigenvalue weighted by atomic mass is 16.5. The Morgan fingerprint density at radius 3 is 3.06 bits per heavy atom. The van der Waals surface area contributed by atoms with Crippen LogP contribution in [0.1, 0.15) is 56.8 Å². The Balaban J connectivity index is 2.07. The molecule has 1 N–H and O–H groups in total. The summed E-state index contributed by atoms with van der Waals surface area (Å²) >= 11 is 0. The van der Waals surface area contributed by atoms with Crippen LogP contribution in [0, 0.1) is 0 Å². The third kappa shape index (κ3) is 2.66. The number of aromatic nitrogens is 2. The monoisotopic (exact) mass is 239 g/mol. The van der Waals surface area contributed by atoms with Crippen LogP contribution >= 0.6 is 0 Å². The molecule has 0 aliphatic heterocycles. The highest BCUT2D eigenvalue weighted by Crippen LogP contribution is 2.33. The first-order valence-corrected chi connectivity index (χ1v) is 6.38. The molecule has 5 heteroatoms. The van der Waals surface area contributed by atoms with Crippen LogP contribution in [0.15, 0.2) is 4.52 Å². The first-order valence-electron chi connectivity index (χ1n) is 6.38. The molecular weight excluding hydrogens is 218 g/mol. The molecule has 1 aliphatic rings. The maximum atomic E-state index is 5.46. The van der Waals surface area contributed by atoms with Crippen molar-refractivity contribution >= 4 is 0 Å². The number of nitrogens with zero attached hydrogens (tertiary/aromatic N) is 2. The molecule has 3 unspecified atom stereocenters. The fourth-order valence-electron chi connectivity index (χ4n) is 2.49. The molecule has 1 heterocycles. The highest BCUT2D eigenvalue weighted by molar-refractivity contribution is 5.03. The van der Waals surface area contributed by atoms with Gasteiger partial charge in [-0.15, -0.1) is 0 Å². The van der Waals surface area contributed by atoms with E-state index in [9.17, 15) is 0 Å². The molecule has 1 aromatic rings. The van der Waals surface area contributed by atoms with E-state index in [-0.39, 0.29) is 6.10 Å². The average Bonchev–Trinajstić information content (AvgIpc) is 2.97. The van der Waals surface area contributed by atoms with Gasteiger partial charge >= 0.3 is 0 Å². The summed E-state index contributed by atoms with van der Waals surface area (Å²) < 4.78 is 10.8. The Morgan fingerprint density at radius 2 is 2.35 bits per heavy atom. The number of nitrogens with one attached hydrogen (secondary N) is 1. The van der Waals surface area contributed by atoms with Gasteiger partial charge in [0.2, 0.25) is 5.89 Å². The van der Waals surface area contributed by atoms with Crippen LogP contribution < -0.4 is 5.32 Å². The van der Waals surface area contributed by atoms with Crippen molar-refractivity contribution < 1.29 is 9.26 Å². The van der Waals surface area contributed by atoms with Crippen molar-refractivity contribution in [1.29, 1.82) is 0 Å². The van der Waals surface area contributed by atoms with E-state index < -0.39 is 0 Å². The zero-order valence-corrected chi connectivity index (χ0v) is 10.8. The van der Waals surface area contributed by atoms with E-state index in [1.165, 1.54) is 12.8 Å². The molecule has 0 bridgehead atoms. The van der Waals surface area contributed by atoms with E-state index >= 15 is 0 Å². The molecule has 1 fully saturated rings. The van der Waals surface area contributed by atoms with Gasteiger partial charge in [0.15, 0.2) is 5.82 Å². The largest absolute Gasteiger partial charge is 0.371 e. The van der Waals surface area contributed by atoms with Gasteiger partial charge in [-0.25, -0.2) is 0 Å². The molecule has 0 amide bonds. The van der Waals surface area contributed by atoms with E-state index in [1.54, 1.807) is 0 Å². The van der Waals surface area contributed by atoms with Gasteiger partial charge in [-0.05, 0) is 33.7 Å². The number of likely N-dealkylation sites (N-methyl/N-ethyl adjacent to an activating group) is 1. The van der Waals surface area contributed by atoms with Crippen LogP contribution in [0.25, 0.3) is 0 Å². The maximum Gasteiger partial charge on any atom is 0.231 e. The van der Waals surface area contributed by atoms with E-state index in [2.05, 4.69) is 15.5 Å². The van der Waals surface area contributed by atoms with Crippen molar-refractivity contribution in [2.45, 2.75) is 51.2 Å². The summed E-state index contributed by atoms with van der Waals surface area (Å²) in [6.07, 6.45) is 3.43. The number of rotatable bonds is 5. The van der Waals surface area contributed by atoms with Crippen molar-refractivity contribution in [2.24, 2.45) is 0 Å². The van der Waals surface area contributed by atoms with E-state index in [1.807, 2.05) is 20.9 Å². The van der Waals surface area contributed by atoms with Crippen LogP contribution in [0.4, 0.5) is 0 Å². The molecule has 96 valence electrons. The third-order valence-corrected chi connectivity index (χ3v) is 3.44. The predicted molar refractivity (Wildman–Crippen MR) is 63.8 cm³/mol. The normalized spacial score (nSPS) is 26.3. The Labute approximate surface area is 102 Å². The predicted octanol–water partition coefficient (Wildman–Crippen LogP) is 2.02. The second-order valence-electron chi connectivity index (χ2n) is 4.52. The number of hydrogen-bond donors (Lipinski definition) is 1. The summed E-state index contributed by atoms with van der Waals surface area (Å²) in [5, 5.41) is 7.33. The van der Waals surface area contributed by atoms with Crippen molar-refractivity contribution in [1.82, 2.24) is 15.5 Å². The minimum absolute atomic E-state index is 0.0908. The van der Waals surface area contributed by atoms with Gasteiger partial charge in [-0.2, -0.15) is 4.98 Å². The van der Waals surface area contributed by atoms with E-state index in [4.69, 9.17) is 9.26 Å². The van der Waals surface area contributed by atoms with Crippen LogP contribution in [0.3, 0.4) is 0 Å². The topological polar surface area (TPSA) is 60.2 Å². The van der Waals surface area contributed by atoms with E-state index in [0.29, 0.717) is 24.4 Å². The molecule has 0 radical (unpaired) electrons. The highest BCUT2D eigenvalue weighted by Gasteiger charge is 2.32. The van der Waals surface area contributed by atoms with Gasteiger partial charge in [0.05, 0.1) is 5.92 Å². The van der Waals surface area contributed by atoms with Crippen molar-refractivity contribution in [3.05, 3.63) is 11.7 Å². The standard InChI is InChI=1S/C12H21N3O2/c1-4-16-8(2)11-14-12(17-15-11)9-6-5-7-10(9)13-3/h8-10,13H,4-7H2,1-3H3. The molecule has 0 spiro atoms. The Bertz CT molecular complexity index is 353. The second kappa shape index (κ2) is 5.60. The summed E-state index contributed by atoms with van der Waals surface area (Å²) in [5.41, 5.74) is 0. The Kier molecular flexibility index (Phi) is 4.12. The molecule has 5 nitrogen and oxygen atoms in total. The summed E-state index contributed by atoms with van der Waals surface area (Å²) in [6.45, 7) is 4.57. The summed E-state index contributed by atoms with van der Waals surface area (Å²) in [6, 6.07) is 0.464. The van der Waals surface area contributed by atoms with Gasteiger partial charge < -0.3 is 14.6 Å². The second-order valence-corrected chi connectivity index (χ2v) is 4.52. The first kappa shape index (κ1) is 12.5. The fraction of sp³-hybridized carbons (Fsp3) is 0.833. The van der Waals surface area contributed by atoms with Crippen molar-refractivity contribution in [3.8, 4) is 0 Å². The van der Waals surface area contributed by atoms with Gasteiger partial charge in [0, 0.05) is 12.6 Å². The van der Waals surface area contributed by atoms with Gasteiger partial charge in [-0.1, -0.05) is 11.6 Å². The lowest BCUT2D eigenvalue weighted by Crippen LogP contribution is -2.27. The first-order chi connectivity index (χ1) is 8.26. The molecular formula is C12H21N3O2. The minimum atomic E-state index is -0.0908. The van der Waals surface area contributed by atoms with Gasteiger partial charge in [0.1, 0.15) is 6.10 Å². The molecule has 3 atom stereocenters. The Morgan fingerprint density at radius 1 is 1.53 bits per heavy atom. The van der Waals surface area contributed by atoms with Crippen molar-refractivity contribution in [2.75, 3.05) is 13.7 Å². The van der Waals surface area contributed by atoms with Crippen LogP contribution in [-0.2, 0) is 4.74 Å². The minimum Gasteiger partial charge on any atom is -0.371 e. The zero-order valence-electron chi connectivity index (χ0n) is 10.8. The molecule has 1 aromatic heterocycles. The number of hydrogen-bond acceptors (Lipinski definition) is 5. The zero-order chi connectivity index (χ0) is 12.3. The lowest BCUT2D eigenvalue weighted by molar-refractivity contribution is 0.0683. The van der Waals surface area contributed by atoms with Crippen LogP contribution in [0.2, 0.25) is 0 Å². The fourth-order valence-corrected chi connectivity index (χ4v) is 2.49. The lowest BCUT2D eigenvalue weighted by atomic mass is 10.0. The quantitative estimate of drug-likeness (QED) is 0.851. The Hall–Kier alpha value is -0.940. The number of ether oxygens (including phenoxy) is 1. The molecule has 1 saturated carbocycles. The molecule has 1 aliphatic carbocycles. The van der Waals surface area contributed by atoms with Crippen LogP contribution in [0.5, 0.6) is 0 Å². The van der Waals surface area contributed by atoms with Crippen LogP contribution in [-0.4, -0.2) is 29.8 Å². The van der Waals surface area contributed by atoms with Gasteiger partial charge in [0.25, 0.3) is 0 Å². The summed E-state index contributed by atoms with van der Waals surface area (Å²) in [7, 11) is 1.99. The summed E-state index contributed by atoms with van der Waals surface area (Å²) in [4.78, 5) is 4.47. The van der Waals surface area contributed by atoms with Gasteiger partial charge in [-0.3, -0.25) is 0 Å². The maximum absolute atomic E-state index is 5.46. The van der Waals surface area contributed by atoms with E-state index in [0.717, 1.165) is 12.3 Å². The molecule has 0 aromatic carbocycles. The SMILES string of the molecule is CCOC(C)c1noc(C2CCCC2NC)n1. The molecule has 0 saturated heterocycles. The smallest absolute Gasteiger partial charge is 0.231 e. The van der Waals surface area contributed by atoms with Crippen molar-refractivity contribution in [3.63, 3.8) is 0 Å². The lowest BCUT2D eigenvalue weighted by Gasteiger charge is -2.14. The molecule has 17 heavy (non-hydrogen) atoms. The third-order valence-electron chi connectivity index (χ3n) is 3.44. The summed E-state index contributed by atoms with van der Waals surface area (Å²) in [5.74, 6) is 1.77.